The van der Waals surface area contributed by atoms with Crippen molar-refractivity contribution in [2.24, 2.45) is 0 Å². The number of aromatic carboxylic acids is 1. The maximum atomic E-state index is 13.1. The van der Waals surface area contributed by atoms with E-state index in [1.54, 1.807) is 0 Å². The minimum Gasteiger partial charge on any atom is -0.477 e. The van der Waals surface area contributed by atoms with Crippen LogP contribution >= 0.6 is 0 Å². The summed E-state index contributed by atoms with van der Waals surface area (Å²) in [5, 5.41) is 9.23. The molecule has 2 aromatic heterocycles. The molecule has 0 atom stereocenters. The molecule has 88 valence electrons. The largest absolute Gasteiger partial charge is 0.477 e. The van der Waals surface area contributed by atoms with Crippen molar-refractivity contribution in [3.63, 3.8) is 0 Å². The van der Waals surface area contributed by atoms with Gasteiger partial charge in [-0.05, 0) is 25.0 Å². The number of halogens is 1. The van der Waals surface area contributed by atoms with E-state index >= 15 is 0 Å². The molecule has 0 amide bonds. The van der Waals surface area contributed by atoms with Crippen LogP contribution in [-0.4, -0.2) is 20.5 Å². The van der Waals surface area contributed by atoms with E-state index in [1.165, 1.54) is 22.7 Å². The van der Waals surface area contributed by atoms with Gasteiger partial charge < -0.3 is 5.11 Å². The number of pyridine rings is 1. The van der Waals surface area contributed by atoms with Crippen LogP contribution in [0.3, 0.4) is 0 Å². The third-order valence-corrected chi connectivity index (χ3v) is 3.30. The summed E-state index contributed by atoms with van der Waals surface area (Å²) in [6.45, 7) is 0. The Morgan fingerprint density at radius 3 is 2.82 bits per heavy atom. The van der Waals surface area contributed by atoms with Crippen molar-refractivity contribution in [1.82, 2.24) is 9.38 Å². The van der Waals surface area contributed by atoms with E-state index in [2.05, 4.69) is 4.98 Å². The Bertz CT molecular complexity index is 602. The van der Waals surface area contributed by atoms with Crippen molar-refractivity contribution in [3.05, 3.63) is 35.5 Å². The Balaban J connectivity index is 2.26. The lowest BCUT2D eigenvalue weighted by Crippen LogP contribution is -2.14. The molecule has 0 radical (unpaired) electrons. The number of carbonyl (C=O) groups is 1. The zero-order valence-corrected chi connectivity index (χ0v) is 9.06. The van der Waals surface area contributed by atoms with E-state index in [9.17, 15) is 14.3 Å². The smallest absolute Gasteiger partial charge is 0.354 e. The molecule has 4 nitrogen and oxygen atoms in total. The van der Waals surface area contributed by atoms with Crippen molar-refractivity contribution in [1.29, 1.82) is 0 Å². The van der Waals surface area contributed by atoms with Crippen molar-refractivity contribution in [2.75, 3.05) is 0 Å². The first kappa shape index (κ1) is 10.3. The van der Waals surface area contributed by atoms with Gasteiger partial charge in [0.15, 0.2) is 5.69 Å². The third kappa shape index (κ3) is 1.50. The maximum Gasteiger partial charge on any atom is 0.354 e. The zero-order chi connectivity index (χ0) is 12.0. The highest BCUT2D eigenvalue weighted by atomic mass is 19.1. The van der Waals surface area contributed by atoms with Crippen LogP contribution in [0.5, 0.6) is 0 Å². The number of imidazole rings is 1. The van der Waals surface area contributed by atoms with Gasteiger partial charge in [0, 0.05) is 12.1 Å². The van der Waals surface area contributed by atoms with Crippen molar-refractivity contribution in [3.8, 4) is 0 Å². The predicted molar refractivity (Wildman–Crippen MR) is 58.7 cm³/mol. The topological polar surface area (TPSA) is 54.6 Å². The Morgan fingerprint density at radius 2 is 2.24 bits per heavy atom. The fourth-order valence-electron chi connectivity index (χ4n) is 2.22. The molecular weight excluding hydrogens is 223 g/mol. The Labute approximate surface area is 96.7 Å². The van der Waals surface area contributed by atoms with Gasteiger partial charge in [0.05, 0.1) is 5.69 Å². The highest BCUT2D eigenvalue weighted by Gasteiger charge is 2.29. The van der Waals surface area contributed by atoms with Crippen LogP contribution in [0, 0.1) is 5.82 Å². The highest BCUT2D eigenvalue weighted by Crippen LogP contribution is 2.37. The fourth-order valence-corrected chi connectivity index (χ4v) is 2.22. The number of hydrogen-bond acceptors (Lipinski definition) is 2. The second kappa shape index (κ2) is 3.55. The Hall–Kier alpha value is -1.91. The molecule has 0 unspecified atom stereocenters. The van der Waals surface area contributed by atoms with E-state index in [1.807, 2.05) is 0 Å². The van der Waals surface area contributed by atoms with Crippen molar-refractivity contribution in [2.45, 2.75) is 25.2 Å². The molecule has 17 heavy (non-hydrogen) atoms. The molecule has 5 heteroatoms. The monoisotopic (exact) mass is 234 g/mol. The van der Waals surface area contributed by atoms with E-state index < -0.39 is 11.8 Å². The lowest BCUT2D eigenvalue weighted by Gasteiger charge is -2.23. The molecule has 0 aromatic carbocycles. The van der Waals surface area contributed by atoms with Crippen LogP contribution in [0.4, 0.5) is 4.39 Å². The number of fused-ring (bicyclic) bond motifs is 1. The molecule has 2 aromatic rings. The van der Waals surface area contributed by atoms with Crippen molar-refractivity contribution >= 4 is 11.6 Å². The van der Waals surface area contributed by atoms with Crippen LogP contribution in [-0.2, 0) is 0 Å². The van der Waals surface area contributed by atoms with Crippen LogP contribution in [0.25, 0.3) is 5.65 Å². The van der Waals surface area contributed by atoms with Gasteiger partial charge in [-0.25, -0.2) is 14.2 Å². The Kier molecular flexibility index (Phi) is 2.14. The number of aromatic nitrogens is 2. The quantitative estimate of drug-likeness (QED) is 0.868. The molecule has 1 N–H and O–H groups in total. The zero-order valence-electron chi connectivity index (χ0n) is 9.06. The average Bonchev–Trinajstić information content (AvgIpc) is 2.52. The molecule has 1 aliphatic rings. The number of carboxylic acids is 1. The van der Waals surface area contributed by atoms with E-state index in [0.29, 0.717) is 11.3 Å². The van der Waals surface area contributed by atoms with Gasteiger partial charge in [0.25, 0.3) is 0 Å². The second-order valence-electron chi connectivity index (χ2n) is 4.35. The molecule has 3 rings (SSSR count). The number of nitrogens with zero attached hydrogens (tertiary/aromatic N) is 2. The van der Waals surface area contributed by atoms with Gasteiger partial charge in [-0.2, -0.15) is 0 Å². The summed E-state index contributed by atoms with van der Waals surface area (Å²) in [6, 6.07) is 2.79. The lowest BCUT2D eigenvalue weighted by atomic mass is 9.82. The minimum absolute atomic E-state index is 0.101. The SMILES string of the molecule is O=C(O)c1c(C2CCC2)nc2ccc(F)cn12. The third-order valence-electron chi connectivity index (χ3n) is 3.30. The molecule has 0 spiro atoms. The van der Waals surface area contributed by atoms with Crippen LogP contribution in [0.2, 0.25) is 0 Å². The number of carboxylic acid groups (broad SMARTS) is 1. The summed E-state index contributed by atoms with van der Waals surface area (Å²) in [7, 11) is 0. The lowest BCUT2D eigenvalue weighted by molar-refractivity contribution is 0.0686. The molecule has 1 aliphatic carbocycles. The van der Waals surface area contributed by atoms with Crippen LogP contribution < -0.4 is 0 Å². The number of rotatable bonds is 2. The summed E-state index contributed by atoms with van der Waals surface area (Å²) in [5.41, 5.74) is 1.18. The molecule has 0 saturated heterocycles. The summed E-state index contributed by atoms with van der Waals surface area (Å²) < 4.78 is 14.5. The van der Waals surface area contributed by atoms with Gasteiger partial charge in [-0.15, -0.1) is 0 Å². The van der Waals surface area contributed by atoms with Crippen LogP contribution in [0.1, 0.15) is 41.4 Å². The first-order valence-electron chi connectivity index (χ1n) is 5.57. The Morgan fingerprint density at radius 1 is 1.47 bits per heavy atom. The van der Waals surface area contributed by atoms with Gasteiger partial charge in [-0.1, -0.05) is 6.42 Å². The number of hydrogen-bond donors (Lipinski definition) is 1. The molecule has 0 aliphatic heterocycles. The normalized spacial score (nSPS) is 16.1. The highest BCUT2D eigenvalue weighted by molar-refractivity contribution is 5.88. The summed E-state index contributed by atoms with van der Waals surface area (Å²) in [4.78, 5) is 15.6. The van der Waals surface area contributed by atoms with E-state index in [4.69, 9.17) is 0 Å². The molecule has 1 fully saturated rings. The molecular formula is C12H11FN2O2. The average molecular weight is 234 g/mol. The maximum absolute atomic E-state index is 13.1. The molecule has 2 heterocycles. The van der Waals surface area contributed by atoms with Gasteiger partial charge in [0.2, 0.25) is 0 Å². The second-order valence-corrected chi connectivity index (χ2v) is 4.35. The van der Waals surface area contributed by atoms with E-state index in [0.717, 1.165) is 19.3 Å². The van der Waals surface area contributed by atoms with Gasteiger partial charge in [-0.3, -0.25) is 4.40 Å². The van der Waals surface area contributed by atoms with Crippen LogP contribution in [0.15, 0.2) is 18.3 Å². The molecule has 0 bridgehead atoms. The van der Waals surface area contributed by atoms with Gasteiger partial charge >= 0.3 is 5.97 Å². The van der Waals surface area contributed by atoms with E-state index in [-0.39, 0.29) is 11.6 Å². The van der Waals surface area contributed by atoms with Crippen molar-refractivity contribution < 1.29 is 14.3 Å². The summed E-state index contributed by atoms with van der Waals surface area (Å²) in [5.74, 6) is -1.30. The minimum atomic E-state index is -1.05. The molecule has 1 saturated carbocycles. The summed E-state index contributed by atoms with van der Waals surface area (Å²) >= 11 is 0. The first-order chi connectivity index (χ1) is 8.16. The standard InChI is InChI=1S/C12H11FN2O2/c13-8-4-5-9-14-10(7-2-1-3-7)11(12(16)17)15(9)6-8/h4-7H,1-3H2,(H,16,17). The first-order valence-corrected chi connectivity index (χ1v) is 5.57. The predicted octanol–water partition coefficient (Wildman–Crippen LogP) is 2.44. The fraction of sp³-hybridized carbons (Fsp3) is 0.333. The summed E-state index contributed by atoms with van der Waals surface area (Å²) in [6.07, 6.45) is 4.21. The van der Waals surface area contributed by atoms with Gasteiger partial charge in [0.1, 0.15) is 11.5 Å².